The van der Waals surface area contributed by atoms with Crippen LogP contribution in [0.25, 0.3) is 0 Å². The van der Waals surface area contributed by atoms with Gasteiger partial charge in [0.15, 0.2) is 0 Å². The van der Waals surface area contributed by atoms with Crippen LogP contribution in [0.1, 0.15) is 46.0 Å². The number of alkyl halides is 3. The Morgan fingerprint density at radius 3 is 2.40 bits per heavy atom. The van der Waals surface area contributed by atoms with Gasteiger partial charge in [0.25, 0.3) is 0 Å². The van der Waals surface area contributed by atoms with Gasteiger partial charge in [-0.1, -0.05) is 26.7 Å². The van der Waals surface area contributed by atoms with Crippen LogP contribution in [0.5, 0.6) is 0 Å². The van der Waals surface area contributed by atoms with E-state index in [1.807, 2.05) is 13.8 Å². The van der Waals surface area contributed by atoms with Crippen LogP contribution in [-0.2, 0) is 4.79 Å². The molecule has 0 saturated heterocycles. The summed E-state index contributed by atoms with van der Waals surface area (Å²) in [6.07, 6.45) is -1.93. The van der Waals surface area contributed by atoms with Crippen LogP contribution >= 0.6 is 0 Å². The summed E-state index contributed by atoms with van der Waals surface area (Å²) in [6.45, 7) is 4.76. The molecule has 0 aromatic rings. The Morgan fingerprint density at radius 1 is 1.25 bits per heavy atom. The molecule has 0 heterocycles. The van der Waals surface area contributed by atoms with E-state index >= 15 is 0 Å². The number of nitrogens with one attached hydrogen (secondary N) is 1. The average Bonchev–Trinajstić information content (AvgIpc) is 2.35. The quantitative estimate of drug-likeness (QED) is 0.819. The van der Waals surface area contributed by atoms with Crippen molar-refractivity contribution in [2.75, 3.05) is 13.1 Å². The van der Waals surface area contributed by atoms with Crippen molar-refractivity contribution < 1.29 is 18.0 Å². The maximum atomic E-state index is 13.0. The van der Waals surface area contributed by atoms with Gasteiger partial charge in [-0.05, 0) is 31.2 Å². The Bertz CT molecular complexity index is 329. The summed E-state index contributed by atoms with van der Waals surface area (Å²) in [4.78, 5) is 12.1. The Balaban J connectivity index is 2.60. The molecular formula is C14H25F3N2O. The minimum Gasteiger partial charge on any atom is -0.355 e. The van der Waals surface area contributed by atoms with Crippen molar-refractivity contribution in [3.8, 4) is 0 Å². The normalized spacial score (nSPS) is 24.5. The zero-order chi connectivity index (χ0) is 15.4. The van der Waals surface area contributed by atoms with E-state index in [1.54, 1.807) is 0 Å². The highest BCUT2D eigenvalue weighted by Crippen LogP contribution is 2.41. The fourth-order valence-corrected chi connectivity index (χ4v) is 2.77. The zero-order valence-corrected chi connectivity index (χ0v) is 12.2. The van der Waals surface area contributed by atoms with Crippen LogP contribution in [0.2, 0.25) is 0 Å². The van der Waals surface area contributed by atoms with Crippen molar-refractivity contribution >= 4 is 5.91 Å². The summed E-state index contributed by atoms with van der Waals surface area (Å²) in [6, 6.07) is 0. The largest absolute Gasteiger partial charge is 0.392 e. The lowest BCUT2D eigenvalue weighted by atomic mass is 9.78. The minimum atomic E-state index is -4.28. The fourth-order valence-electron chi connectivity index (χ4n) is 2.77. The predicted octanol–water partition coefficient (Wildman–Crippen LogP) is 2.85. The van der Waals surface area contributed by atoms with Crippen molar-refractivity contribution in [3.05, 3.63) is 0 Å². The highest BCUT2D eigenvalue weighted by atomic mass is 19.4. The van der Waals surface area contributed by atoms with Crippen molar-refractivity contribution in [1.29, 1.82) is 0 Å². The standard InChI is InChI=1S/C14H25F3N2O/c1-13(2,7-8-18)9-19-12(20)10-5-3-4-6-11(10)14(15,16)17/h10-11H,3-9,18H2,1-2H3,(H,19,20). The van der Waals surface area contributed by atoms with Crippen LogP contribution in [0.3, 0.4) is 0 Å². The number of rotatable bonds is 5. The van der Waals surface area contributed by atoms with Crippen molar-refractivity contribution in [2.45, 2.75) is 52.1 Å². The third-order valence-corrected chi connectivity index (χ3v) is 4.09. The number of halogens is 3. The van der Waals surface area contributed by atoms with Gasteiger partial charge in [0.1, 0.15) is 0 Å². The minimum absolute atomic E-state index is 0.0633. The highest BCUT2D eigenvalue weighted by Gasteiger charge is 2.48. The van der Waals surface area contributed by atoms with Gasteiger partial charge in [-0.25, -0.2) is 0 Å². The smallest absolute Gasteiger partial charge is 0.355 e. The monoisotopic (exact) mass is 294 g/mol. The number of carbonyl (C=O) groups excluding carboxylic acids is 1. The number of carbonyl (C=O) groups is 1. The molecule has 3 nitrogen and oxygen atoms in total. The van der Waals surface area contributed by atoms with Crippen LogP contribution in [0, 0.1) is 17.3 Å². The Hall–Kier alpha value is -0.780. The molecule has 0 aromatic carbocycles. The molecular weight excluding hydrogens is 269 g/mol. The number of hydrogen-bond donors (Lipinski definition) is 2. The molecule has 0 radical (unpaired) electrons. The van der Waals surface area contributed by atoms with Gasteiger partial charge in [-0.2, -0.15) is 13.2 Å². The third kappa shape index (κ3) is 4.96. The molecule has 20 heavy (non-hydrogen) atoms. The molecule has 0 aromatic heterocycles. The second kappa shape index (κ2) is 6.78. The van der Waals surface area contributed by atoms with Gasteiger partial charge in [0.2, 0.25) is 5.91 Å². The van der Waals surface area contributed by atoms with E-state index in [-0.39, 0.29) is 11.8 Å². The van der Waals surface area contributed by atoms with E-state index in [0.717, 1.165) is 6.42 Å². The second-order valence-electron chi connectivity index (χ2n) is 6.46. The van der Waals surface area contributed by atoms with Crippen molar-refractivity contribution in [2.24, 2.45) is 23.0 Å². The molecule has 1 fully saturated rings. The first-order chi connectivity index (χ1) is 9.17. The van der Waals surface area contributed by atoms with E-state index in [4.69, 9.17) is 5.73 Å². The Labute approximate surface area is 118 Å². The van der Waals surface area contributed by atoms with E-state index in [1.165, 1.54) is 0 Å². The van der Waals surface area contributed by atoms with E-state index in [2.05, 4.69) is 5.32 Å². The van der Waals surface area contributed by atoms with E-state index in [9.17, 15) is 18.0 Å². The van der Waals surface area contributed by atoms with Gasteiger partial charge in [-0.15, -0.1) is 0 Å². The van der Waals surface area contributed by atoms with Gasteiger partial charge >= 0.3 is 6.18 Å². The van der Waals surface area contributed by atoms with Crippen molar-refractivity contribution in [1.82, 2.24) is 5.32 Å². The lowest BCUT2D eigenvalue weighted by molar-refractivity contribution is -0.198. The summed E-state index contributed by atoms with van der Waals surface area (Å²) < 4.78 is 38.9. The summed E-state index contributed by atoms with van der Waals surface area (Å²) in [5.41, 5.74) is 5.29. The molecule has 0 bridgehead atoms. The highest BCUT2D eigenvalue weighted by molar-refractivity contribution is 5.79. The maximum Gasteiger partial charge on any atom is 0.392 e. The second-order valence-corrected chi connectivity index (χ2v) is 6.46. The topological polar surface area (TPSA) is 55.1 Å². The summed E-state index contributed by atoms with van der Waals surface area (Å²) >= 11 is 0. The van der Waals surface area contributed by atoms with Gasteiger partial charge in [0, 0.05) is 12.5 Å². The molecule has 1 aliphatic rings. The molecule has 0 spiro atoms. The molecule has 1 saturated carbocycles. The molecule has 1 aliphatic carbocycles. The first-order valence-corrected chi connectivity index (χ1v) is 7.22. The molecule has 3 N–H and O–H groups in total. The zero-order valence-electron chi connectivity index (χ0n) is 12.2. The van der Waals surface area contributed by atoms with E-state index < -0.39 is 23.9 Å². The molecule has 1 amide bonds. The molecule has 0 aliphatic heterocycles. The number of amides is 1. The SMILES string of the molecule is CC(C)(CCN)CNC(=O)C1CCCCC1C(F)(F)F. The third-order valence-electron chi connectivity index (χ3n) is 4.09. The van der Waals surface area contributed by atoms with Crippen LogP contribution in [-0.4, -0.2) is 25.2 Å². The maximum absolute atomic E-state index is 13.0. The summed E-state index contributed by atoms with van der Waals surface area (Å²) in [5.74, 6) is -2.89. The average molecular weight is 294 g/mol. The van der Waals surface area contributed by atoms with Gasteiger partial charge < -0.3 is 11.1 Å². The fraction of sp³-hybridized carbons (Fsp3) is 0.929. The molecule has 6 heteroatoms. The lowest BCUT2D eigenvalue weighted by Crippen LogP contribution is -2.45. The van der Waals surface area contributed by atoms with Crippen LogP contribution < -0.4 is 11.1 Å². The Morgan fingerprint density at radius 2 is 1.85 bits per heavy atom. The summed E-state index contributed by atoms with van der Waals surface area (Å²) in [7, 11) is 0. The van der Waals surface area contributed by atoms with Crippen LogP contribution in [0.15, 0.2) is 0 Å². The molecule has 1 rings (SSSR count). The van der Waals surface area contributed by atoms with Crippen molar-refractivity contribution in [3.63, 3.8) is 0 Å². The molecule has 2 atom stereocenters. The van der Waals surface area contributed by atoms with Gasteiger partial charge in [0.05, 0.1) is 5.92 Å². The van der Waals surface area contributed by atoms with Gasteiger partial charge in [-0.3, -0.25) is 4.79 Å². The summed E-state index contributed by atoms with van der Waals surface area (Å²) in [5, 5.41) is 2.69. The first-order valence-electron chi connectivity index (χ1n) is 7.22. The number of hydrogen-bond acceptors (Lipinski definition) is 2. The predicted molar refractivity (Wildman–Crippen MR) is 72.0 cm³/mol. The molecule has 2 unspecified atom stereocenters. The number of nitrogens with two attached hydrogens (primary N) is 1. The Kier molecular flexibility index (Phi) is 5.86. The van der Waals surface area contributed by atoms with Crippen LogP contribution in [0.4, 0.5) is 13.2 Å². The lowest BCUT2D eigenvalue weighted by Gasteiger charge is -2.33. The first kappa shape index (κ1) is 17.3. The molecule has 118 valence electrons. The van der Waals surface area contributed by atoms with E-state index in [0.29, 0.717) is 32.4 Å².